The number of carbonyl (C=O) groups excluding carboxylic acids is 2. The molecule has 0 saturated carbocycles. The first-order valence-electron chi connectivity index (χ1n) is 13.7. The highest BCUT2D eigenvalue weighted by atomic mass is 32.2. The summed E-state index contributed by atoms with van der Waals surface area (Å²) >= 11 is 0. The average Bonchev–Trinajstić information content (AvgIpc) is 3.27. The molecule has 0 spiro atoms. The van der Waals surface area contributed by atoms with E-state index in [0.717, 1.165) is 21.6 Å². The molecule has 5 aromatic carbocycles. The number of nitrogen functional groups attached to an aromatic ring is 1. The van der Waals surface area contributed by atoms with Crippen molar-refractivity contribution in [1.82, 2.24) is 4.90 Å². The van der Waals surface area contributed by atoms with E-state index in [2.05, 4.69) is 0 Å². The second-order valence-corrected chi connectivity index (χ2v) is 12.1. The van der Waals surface area contributed by atoms with E-state index in [9.17, 15) is 18.0 Å². The molecule has 2 aliphatic rings. The quantitative estimate of drug-likeness (QED) is 0.196. The van der Waals surface area contributed by atoms with Crippen LogP contribution in [-0.4, -0.2) is 25.1 Å². The van der Waals surface area contributed by atoms with E-state index in [-0.39, 0.29) is 11.4 Å². The smallest absolute Gasteiger partial charge is 0.269 e. The second kappa shape index (κ2) is 10.1. The number of anilines is 2. The number of sulfonamides is 1. The summed E-state index contributed by atoms with van der Waals surface area (Å²) in [5.41, 5.74) is 11.5. The van der Waals surface area contributed by atoms with Crippen molar-refractivity contribution in [2.24, 2.45) is 0 Å². The Morgan fingerprint density at radius 1 is 0.605 bits per heavy atom. The Hall–Kier alpha value is -5.47. The van der Waals surface area contributed by atoms with Gasteiger partial charge in [-0.3, -0.25) is 14.5 Å². The van der Waals surface area contributed by atoms with Gasteiger partial charge in [-0.25, -0.2) is 12.7 Å². The Labute approximate surface area is 249 Å². The van der Waals surface area contributed by atoms with Crippen LogP contribution >= 0.6 is 0 Å². The normalized spacial score (nSPS) is 15.4. The van der Waals surface area contributed by atoms with Crippen LogP contribution in [0.3, 0.4) is 0 Å². The number of nitrogens with two attached hydrogens (primary N) is 1. The lowest BCUT2D eigenvalue weighted by atomic mass is 9.92. The van der Waals surface area contributed by atoms with Gasteiger partial charge in [-0.2, -0.15) is 0 Å². The third kappa shape index (κ3) is 4.31. The van der Waals surface area contributed by atoms with Crippen molar-refractivity contribution in [2.45, 2.75) is 11.4 Å². The van der Waals surface area contributed by atoms with Gasteiger partial charge in [0.25, 0.3) is 21.8 Å². The fourth-order valence-corrected chi connectivity index (χ4v) is 7.51. The molecule has 0 aliphatic carbocycles. The van der Waals surface area contributed by atoms with Gasteiger partial charge in [0.05, 0.1) is 34.0 Å². The van der Waals surface area contributed by atoms with Gasteiger partial charge in [0.15, 0.2) is 0 Å². The summed E-state index contributed by atoms with van der Waals surface area (Å²) in [7, 11) is -4.18. The van der Waals surface area contributed by atoms with Crippen molar-refractivity contribution in [3.05, 3.63) is 161 Å². The second-order valence-electron chi connectivity index (χ2n) is 10.4. The maximum Gasteiger partial charge on any atom is 0.269 e. The van der Waals surface area contributed by atoms with E-state index < -0.39 is 21.8 Å². The minimum absolute atomic E-state index is 0.0626. The SMILES string of the molecule is Nc1ccc(N2C(c3ccccc3)=C(c3ccccc3)c3ccc(CN4C(=O)c5ccccc5C4=O)cc3S2(=O)=O)cc1. The van der Waals surface area contributed by atoms with Crippen molar-refractivity contribution < 1.29 is 18.0 Å². The van der Waals surface area contributed by atoms with E-state index in [1.807, 2.05) is 60.7 Å². The van der Waals surface area contributed by atoms with Crippen LogP contribution < -0.4 is 10.0 Å². The minimum atomic E-state index is -4.18. The molecule has 8 heteroatoms. The molecule has 0 fully saturated rings. The number of rotatable bonds is 5. The van der Waals surface area contributed by atoms with Crippen LogP contribution in [0.2, 0.25) is 0 Å². The summed E-state index contributed by atoms with van der Waals surface area (Å²) in [5.74, 6) is -0.804. The van der Waals surface area contributed by atoms with Crippen LogP contribution in [0.4, 0.5) is 11.4 Å². The first kappa shape index (κ1) is 26.4. The summed E-state index contributed by atoms with van der Waals surface area (Å²) in [6.45, 7) is -0.0626. The van der Waals surface area contributed by atoms with Gasteiger partial charge in [0.1, 0.15) is 0 Å². The number of benzene rings is 5. The molecule has 5 aromatic rings. The van der Waals surface area contributed by atoms with Gasteiger partial charge >= 0.3 is 0 Å². The van der Waals surface area contributed by atoms with Crippen LogP contribution in [0.25, 0.3) is 11.3 Å². The molecule has 7 rings (SSSR count). The molecular weight excluding hydrogens is 558 g/mol. The molecule has 0 unspecified atom stereocenters. The zero-order valence-corrected chi connectivity index (χ0v) is 23.7. The van der Waals surface area contributed by atoms with Crippen molar-refractivity contribution >= 4 is 44.5 Å². The zero-order chi connectivity index (χ0) is 29.7. The first-order valence-corrected chi connectivity index (χ1v) is 15.1. The summed E-state index contributed by atoms with van der Waals surface area (Å²) < 4.78 is 30.7. The molecule has 43 heavy (non-hydrogen) atoms. The highest BCUT2D eigenvalue weighted by Gasteiger charge is 2.40. The highest BCUT2D eigenvalue weighted by Crippen LogP contribution is 2.47. The van der Waals surface area contributed by atoms with Crippen LogP contribution in [0.1, 0.15) is 43.0 Å². The summed E-state index contributed by atoms with van der Waals surface area (Å²) in [6.07, 6.45) is 0. The lowest BCUT2D eigenvalue weighted by Crippen LogP contribution is -2.35. The van der Waals surface area contributed by atoms with Crippen LogP contribution in [0.5, 0.6) is 0 Å². The molecule has 2 heterocycles. The van der Waals surface area contributed by atoms with E-state index in [1.165, 1.54) is 4.31 Å². The van der Waals surface area contributed by atoms with Gasteiger partial charge in [0, 0.05) is 16.8 Å². The number of carbonyl (C=O) groups is 2. The van der Waals surface area contributed by atoms with Gasteiger partial charge < -0.3 is 5.73 Å². The van der Waals surface area contributed by atoms with Crippen molar-refractivity contribution in [1.29, 1.82) is 0 Å². The Bertz CT molecular complexity index is 2020. The van der Waals surface area contributed by atoms with Gasteiger partial charge in [-0.15, -0.1) is 0 Å². The summed E-state index contributed by atoms with van der Waals surface area (Å²) in [5, 5.41) is 0. The van der Waals surface area contributed by atoms with E-state index >= 15 is 0 Å². The molecule has 2 N–H and O–H groups in total. The topological polar surface area (TPSA) is 101 Å². The van der Waals surface area contributed by atoms with Gasteiger partial charge in [-0.1, -0.05) is 84.9 Å². The number of hydrogen-bond donors (Lipinski definition) is 1. The fourth-order valence-electron chi connectivity index (χ4n) is 5.73. The van der Waals surface area contributed by atoms with Crippen LogP contribution in [-0.2, 0) is 16.6 Å². The van der Waals surface area contributed by atoms with Crippen molar-refractivity contribution in [2.75, 3.05) is 10.0 Å². The van der Waals surface area contributed by atoms with Crippen molar-refractivity contribution in [3.8, 4) is 0 Å². The number of nitrogens with zero attached hydrogens (tertiary/aromatic N) is 2. The van der Waals surface area contributed by atoms with Gasteiger partial charge in [-0.05, 0) is 59.2 Å². The molecule has 0 atom stereocenters. The number of hydrogen-bond acceptors (Lipinski definition) is 5. The number of amides is 2. The maximum absolute atomic E-state index is 14.7. The Morgan fingerprint density at radius 3 is 1.77 bits per heavy atom. The molecule has 0 radical (unpaired) electrons. The molecule has 7 nitrogen and oxygen atoms in total. The van der Waals surface area contributed by atoms with Crippen LogP contribution in [0.15, 0.2) is 132 Å². The summed E-state index contributed by atoms with van der Waals surface area (Å²) in [4.78, 5) is 27.4. The third-order valence-electron chi connectivity index (χ3n) is 7.73. The largest absolute Gasteiger partial charge is 0.399 e. The van der Waals surface area contributed by atoms with Crippen molar-refractivity contribution in [3.63, 3.8) is 0 Å². The van der Waals surface area contributed by atoms with E-state index in [1.54, 1.807) is 66.7 Å². The average molecular weight is 584 g/mol. The molecule has 2 amide bonds. The molecule has 0 bridgehead atoms. The Morgan fingerprint density at radius 2 is 1.16 bits per heavy atom. The van der Waals surface area contributed by atoms with Gasteiger partial charge in [0.2, 0.25) is 0 Å². The molecule has 0 aromatic heterocycles. The van der Waals surface area contributed by atoms with E-state index in [4.69, 9.17) is 5.73 Å². The monoisotopic (exact) mass is 583 g/mol. The molecular formula is C35H25N3O4S. The predicted octanol–water partition coefficient (Wildman–Crippen LogP) is 6.19. The fraction of sp³-hybridized carbons (Fsp3) is 0.0286. The first-order chi connectivity index (χ1) is 20.8. The Kier molecular flexibility index (Phi) is 6.22. The van der Waals surface area contributed by atoms with Crippen LogP contribution in [0, 0.1) is 0 Å². The maximum atomic E-state index is 14.7. The third-order valence-corrected chi connectivity index (χ3v) is 9.50. The highest BCUT2D eigenvalue weighted by molar-refractivity contribution is 7.93. The summed E-state index contributed by atoms with van der Waals surface area (Å²) in [6, 6.07) is 37.6. The zero-order valence-electron chi connectivity index (χ0n) is 22.8. The number of imide groups is 1. The predicted molar refractivity (Wildman–Crippen MR) is 166 cm³/mol. The van der Waals surface area contributed by atoms with E-state index in [0.29, 0.717) is 39.3 Å². The standard InChI is InChI=1S/C35H25N3O4S/c36-26-16-18-27(19-17-26)38-33(25-11-5-2-6-12-25)32(24-9-3-1-4-10-24)30-20-15-23(21-31(30)43(38,41)42)22-37-34(39)28-13-7-8-14-29(28)35(37)40/h1-21H,22,36H2. The number of fused-ring (bicyclic) bond motifs is 2. The lowest BCUT2D eigenvalue weighted by Gasteiger charge is -2.35. The minimum Gasteiger partial charge on any atom is -0.399 e. The lowest BCUT2D eigenvalue weighted by molar-refractivity contribution is 0.0642. The Balaban J connectivity index is 1.45. The molecule has 210 valence electrons. The molecule has 2 aliphatic heterocycles. The molecule has 0 saturated heterocycles.